The van der Waals surface area contributed by atoms with E-state index in [1.54, 1.807) is 7.11 Å². The number of ether oxygens (including phenoxy) is 1. The van der Waals surface area contributed by atoms with Gasteiger partial charge in [-0.1, -0.05) is 22.0 Å². The van der Waals surface area contributed by atoms with Crippen LogP contribution in [0.4, 0.5) is 5.82 Å². The first-order valence-corrected chi connectivity index (χ1v) is 6.24. The van der Waals surface area contributed by atoms with Crippen LogP contribution in [-0.4, -0.2) is 31.3 Å². The molecular weight excluding hydrogens is 256 g/mol. The highest BCUT2D eigenvalue weighted by molar-refractivity contribution is 9.08. The monoisotopic (exact) mass is 270 g/mol. The summed E-state index contributed by atoms with van der Waals surface area (Å²) in [5.74, 6) is 1.05. The Hall–Kier alpha value is -0.610. The molecule has 0 spiro atoms. The molecule has 82 valence electrons. The quantitative estimate of drug-likeness (QED) is 0.788. The number of halogens is 1. The third-order valence-electron chi connectivity index (χ3n) is 2.77. The third-order valence-corrected chi connectivity index (χ3v) is 3.41. The number of alkyl halides is 1. The molecule has 0 radical (unpaired) electrons. The van der Waals surface area contributed by atoms with Gasteiger partial charge in [-0.3, -0.25) is 0 Å². The van der Waals surface area contributed by atoms with Crippen molar-refractivity contribution in [1.29, 1.82) is 0 Å². The van der Waals surface area contributed by atoms with E-state index in [0.717, 1.165) is 30.7 Å². The van der Waals surface area contributed by atoms with Crippen molar-refractivity contribution in [1.82, 2.24) is 4.98 Å². The van der Waals surface area contributed by atoms with E-state index < -0.39 is 0 Å². The molecule has 0 bridgehead atoms. The van der Waals surface area contributed by atoms with Gasteiger partial charge in [-0.2, -0.15) is 0 Å². The van der Waals surface area contributed by atoms with Crippen LogP contribution in [0.5, 0.6) is 0 Å². The van der Waals surface area contributed by atoms with Crippen LogP contribution >= 0.6 is 15.9 Å². The highest BCUT2D eigenvalue weighted by Crippen LogP contribution is 2.19. The van der Waals surface area contributed by atoms with E-state index in [1.165, 1.54) is 5.56 Å². The molecule has 1 aliphatic rings. The first-order valence-electron chi connectivity index (χ1n) is 5.12. The molecule has 2 rings (SSSR count). The van der Waals surface area contributed by atoms with Gasteiger partial charge in [0.05, 0.1) is 6.10 Å². The number of hydrogen-bond donors (Lipinski definition) is 0. The molecule has 1 unspecified atom stereocenters. The Labute approximate surface area is 98.6 Å². The molecule has 0 amide bonds. The highest BCUT2D eigenvalue weighted by Gasteiger charge is 2.22. The Bertz CT molecular complexity index is 315. The molecule has 2 heterocycles. The van der Waals surface area contributed by atoms with Gasteiger partial charge in [-0.05, 0) is 18.1 Å². The van der Waals surface area contributed by atoms with Gasteiger partial charge in [0.2, 0.25) is 0 Å². The molecule has 3 nitrogen and oxygen atoms in total. The lowest BCUT2D eigenvalue weighted by molar-refractivity contribution is 0.121. The van der Waals surface area contributed by atoms with Crippen molar-refractivity contribution in [2.45, 2.75) is 17.9 Å². The second kappa shape index (κ2) is 4.94. The zero-order valence-electron chi connectivity index (χ0n) is 8.82. The lowest BCUT2D eigenvalue weighted by atomic mass is 10.3. The van der Waals surface area contributed by atoms with Gasteiger partial charge in [0, 0.05) is 31.7 Å². The minimum atomic E-state index is 0.364. The molecule has 0 N–H and O–H groups in total. The van der Waals surface area contributed by atoms with Crippen molar-refractivity contribution in [3.05, 3.63) is 23.9 Å². The number of anilines is 1. The second-order valence-electron chi connectivity index (χ2n) is 3.75. The Kier molecular flexibility index (Phi) is 3.59. The molecule has 1 aliphatic heterocycles. The standard InChI is InChI=1S/C11H15BrN2O/c1-15-10-4-5-14(8-10)11-3-2-9(6-12)7-13-11/h2-3,7,10H,4-6,8H2,1H3. The summed E-state index contributed by atoms with van der Waals surface area (Å²) in [6.45, 7) is 2.00. The topological polar surface area (TPSA) is 25.4 Å². The van der Waals surface area contributed by atoms with E-state index in [1.807, 2.05) is 6.20 Å². The molecular formula is C11H15BrN2O. The fraction of sp³-hybridized carbons (Fsp3) is 0.545. The summed E-state index contributed by atoms with van der Waals surface area (Å²) in [7, 11) is 1.77. The van der Waals surface area contributed by atoms with E-state index >= 15 is 0 Å². The van der Waals surface area contributed by atoms with Crippen LogP contribution < -0.4 is 4.90 Å². The average molecular weight is 271 g/mol. The maximum absolute atomic E-state index is 5.33. The van der Waals surface area contributed by atoms with Crippen LogP contribution in [0.2, 0.25) is 0 Å². The summed E-state index contributed by atoms with van der Waals surface area (Å²) in [4.78, 5) is 6.71. The maximum atomic E-state index is 5.33. The van der Waals surface area contributed by atoms with Gasteiger partial charge in [0.15, 0.2) is 0 Å². The van der Waals surface area contributed by atoms with Crippen LogP contribution in [0.3, 0.4) is 0 Å². The van der Waals surface area contributed by atoms with E-state index in [0.29, 0.717) is 6.10 Å². The minimum Gasteiger partial charge on any atom is -0.380 e. The second-order valence-corrected chi connectivity index (χ2v) is 4.31. The van der Waals surface area contributed by atoms with Gasteiger partial charge in [-0.15, -0.1) is 0 Å². The molecule has 0 aliphatic carbocycles. The molecule has 0 aromatic carbocycles. The molecule has 1 aromatic heterocycles. The summed E-state index contributed by atoms with van der Waals surface area (Å²) in [6, 6.07) is 4.19. The summed E-state index contributed by atoms with van der Waals surface area (Å²) in [5.41, 5.74) is 1.21. The maximum Gasteiger partial charge on any atom is 0.128 e. The van der Waals surface area contributed by atoms with Crippen molar-refractivity contribution < 1.29 is 4.74 Å². The lowest BCUT2D eigenvalue weighted by Gasteiger charge is -2.16. The minimum absolute atomic E-state index is 0.364. The summed E-state index contributed by atoms with van der Waals surface area (Å²) in [5, 5.41) is 0.862. The molecule has 1 atom stereocenters. The fourth-order valence-corrected chi connectivity index (χ4v) is 2.14. The Morgan fingerprint density at radius 3 is 3.00 bits per heavy atom. The van der Waals surface area contributed by atoms with E-state index in [9.17, 15) is 0 Å². The Morgan fingerprint density at radius 1 is 1.60 bits per heavy atom. The molecule has 4 heteroatoms. The van der Waals surface area contributed by atoms with Crippen LogP contribution in [-0.2, 0) is 10.1 Å². The van der Waals surface area contributed by atoms with Gasteiger partial charge < -0.3 is 9.64 Å². The summed E-state index contributed by atoms with van der Waals surface area (Å²) < 4.78 is 5.33. The molecule has 0 saturated carbocycles. The third kappa shape index (κ3) is 2.49. The zero-order chi connectivity index (χ0) is 10.7. The molecule has 1 fully saturated rings. The lowest BCUT2D eigenvalue weighted by Crippen LogP contribution is -2.22. The van der Waals surface area contributed by atoms with Crippen molar-refractivity contribution in [3.8, 4) is 0 Å². The predicted octanol–water partition coefficient (Wildman–Crippen LogP) is 2.20. The smallest absolute Gasteiger partial charge is 0.128 e. The Balaban J connectivity index is 2.04. The molecule has 15 heavy (non-hydrogen) atoms. The largest absolute Gasteiger partial charge is 0.380 e. The van der Waals surface area contributed by atoms with Crippen molar-refractivity contribution in [2.24, 2.45) is 0 Å². The van der Waals surface area contributed by atoms with Crippen molar-refractivity contribution in [3.63, 3.8) is 0 Å². The van der Waals surface area contributed by atoms with Gasteiger partial charge in [0.1, 0.15) is 5.82 Å². The highest BCUT2D eigenvalue weighted by atomic mass is 79.9. The number of methoxy groups -OCH3 is 1. The fourth-order valence-electron chi connectivity index (χ4n) is 1.81. The van der Waals surface area contributed by atoms with Crippen LogP contribution in [0.25, 0.3) is 0 Å². The van der Waals surface area contributed by atoms with Crippen molar-refractivity contribution in [2.75, 3.05) is 25.1 Å². The average Bonchev–Trinajstić information content (AvgIpc) is 2.78. The number of rotatable bonds is 3. The number of nitrogens with zero attached hydrogens (tertiary/aromatic N) is 2. The number of aromatic nitrogens is 1. The normalized spacial score (nSPS) is 20.9. The molecule has 1 aromatic rings. The number of hydrogen-bond acceptors (Lipinski definition) is 3. The van der Waals surface area contributed by atoms with Crippen LogP contribution in [0, 0.1) is 0 Å². The number of pyridine rings is 1. The van der Waals surface area contributed by atoms with Gasteiger partial charge in [-0.25, -0.2) is 4.98 Å². The van der Waals surface area contributed by atoms with E-state index in [2.05, 4.69) is 37.9 Å². The van der Waals surface area contributed by atoms with Crippen molar-refractivity contribution >= 4 is 21.7 Å². The Morgan fingerprint density at radius 2 is 2.47 bits per heavy atom. The zero-order valence-corrected chi connectivity index (χ0v) is 10.4. The van der Waals surface area contributed by atoms with E-state index in [-0.39, 0.29) is 0 Å². The van der Waals surface area contributed by atoms with E-state index in [4.69, 9.17) is 4.74 Å². The first kappa shape index (κ1) is 10.9. The summed E-state index contributed by atoms with van der Waals surface area (Å²) in [6.07, 6.45) is 3.38. The summed E-state index contributed by atoms with van der Waals surface area (Å²) >= 11 is 3.41. The van der Waals surface area contributed by atoms with Gasteiger partial charge >= 0.3 is 0 Å². The van der Waals surface area contributed by atoms with Crippen LogP contribution in [0.1, 0.15) is 12.0 Å². The first-order chi connectivity index (χ1) is 7.33. The van der Waals surface area contributed by atoms with Gasteiger partial charge in [0.25, 0.3) is 0 Å². The predicted molar refractivity (Wildman–Crippen MR) is 64.5 cm³/mol. The van der Waals surface area contributed by atoms with Crippen LogP contribution in [0.15, 0.2) is 18.3 Å². The molecule has 1 saturated heterocycles. The SMILES string of the molecule is COC1CCN(c2ccc(CBr)cn2)C1.